The second-order valence-electron chi connectivity index (χ2n) is 9.99. The highest BCUT2D eigenvalue weighted by molar-refractivity contribution is 7.89. The topological polar surface area (TPSA) is 104 Å². The first-order valence-corrected chi connectivity index (χ1v) is 13.2. The number of nitrogens with one attached hydrogen (secondary N) is 1. The molecule has 4 fully saturated rings. The van der Waals surface area contributed by atoms with Crippen LogP contribution in [0.25, 0.3) is 0 Å². The van der Waals surface area contributed by atoms with Crippen LogP contribution in [0.4, 0.5) is 0 Å². The molecule has 32 heavy (non-hydrogen) atoms. The van der Waals surface area contributed by atoms with Crippen LogP contribution in [0.3, 0.4) is 0 Å². The van der Waals surface area contributed by atoms with E-state index in [0.717, 1.165) is 38.2 Å². The standard InChI is InChI=1S/C23H31ClN2O5S/c1-3-5-15-11-23(2)12-16(13-23)20(15)25-21(27)18-6-4-9-26(18)32(30,31)19-8-7-14(22(28)29)10-17(19)24/h7-8,10,15-16,18,20H,3-6,9,11-13H2,1-2H3,(H,25,27)(H,28,29)/t15?,16?,18-,20?,23?/m1/s1. The number of carboxylic acid groups (broad SMARTS) is 1. The van der Waals surface area contributed by atoms with Crippen LogP contribution in [0.1, 0.15) is 69.2 Å². The van der Waals surface area contributed by atoms with Crippen LogP contribution in [0.5, 0.6) is 0 Å². The van der Waals surface area contributed by atoms with E-state index in [0.29, 0.717) is 30.1 Å². The van der Waals surface area contributed by atoms with Crippen LogP contribution in [-0.4, -0.2) is 48.3 Å². The smallest absolute Gasteiger partial charge is 0.335 e. The van der Waals surface area contributed by atoms with Gasteiger partial charge in [0.2, 0.25) is 15.9 Å². The van der Waals surface area contributed by atoms with Crippen molar-refractivity contribution in [2.75, 3.05) is 6.54 Å². The van der Waals surface area contributed by atoms with Gasteiger partial charge in [-0.15, -0.1) is 0 Å². The van der Waals surface area contributed by atoms with Crippen LogP contribution in [0.2, 0.25) is 5.02 Å². The summed E-state index contributed by atoms with van der Waals surface area (Å²) in [5, 5.41) is 12.2. The zero-order valence-corrected chi connectivity index (χ0v) is 20.1. The highest BCUT2D eigenvalue weighted by atomic mass is 35.5. The maximum absolute atomic E-state index is 13.3. The van der Waals surface area contributed by atoms with E-state index in [9.17, 15) is 18.0 Å². The van der Waals surface area contributed by atoms with E-state index in [2.05, 4.69) is 19.2 Å². The number of fused-ring (bicyclic) bond motifs is 2. The number of benzene rings is 1. The fourth-order valence-corrected chi connectivity index (χ4v) is 8.36. The third-order valence-electron chi connectivity index (χ3n) is 7.52. The minimum absolute atomic E-state index is 0.0866. The van der Waals surface area contributed by atoms with E-state index in [-0.39, 0.29) is 34.0 Å². The van der Waals surface area contributed by atoms with Crippen LogP contribution in [0.15, 0.2) is 23.1 Å². The van der Waals surface area contributed by atoms with Crippen molar-refractivity contribution in [2.45, 2.75) is 75.8 Å². The number of rotatable bonds is 7. The summed E-state index contributed by atoms with van der Waals surface area (Å²) in [7, 11) is -4.04. The lowest BCUT2D eigenvalue weighted by Crippen LogP contribution is -2.60. The lowest BCUT2D eigenvalue weighted by Gasteiger charge is -2.58. The Balaban J connectivity index is 1.53. The minimum Gasteiger partial charge on any atom is -0.478 e. The van der Waals surface area contributed by atoms with E-state index in [1.165, 1.54) is 16.4 Å². The first-order valence-electron chi connectivity index (χ1n) is 11.4. The van der Waals surface area contributed by atoms with Crippen molar-refractivity contribution in [1.82, 2.24) is 9.62 Å². The normalized spacial score (nSPS) is 32.3. The van der Waals surface area contributed by atoms with Crippen molar-refractivity contribution in [3.05, 3.63) is 28.8 Å². The van der Waals surface area contributed by atoms with Crippen molar-refractivity contribution >= 4 is 33.5 Å². The van der Waals surface area contributed by atoms with Gasteiger partial charge in [-0.2, -0.15) is 4.31 Å². The lowest BCUT2D eigenvalue weighted by molar-refractivity contribution is -0.130. The van der Waals surface area contributed by atoms with Crippen molar-refractivity contribution in [1.29, 1.82) is 0 Å². The monoisotopic (exact) mass is 482 g/mol. The molecule has 4 aliphatic rings. The second-order valence-corrected chi connectivity index (χ2v) is 12.3. The van der Waals surface area contributed by atoms with E-state index < -0.39 is 22.0 Å². The highest BCUT2D eigenvalue weighted by Crippen LogP contribution is 2.58. The first kappa shape index (κ1) is 23.5. The quantitative estimate of drug-likeness (QED) is 0.613. The zero-order chi connectivity index (χ0) is 23.3. The number of carbonyl (C=O) groups is 2. The van der Waals surface area contributed by atoms with E-state index in [4.69, 9.17) is 16.7 Å². The molecule has 1 heterocycles. The maximum Gasteiger partial charge on any atom is 0.335 e. The summed E-state index contributed by atoms with van der Waals surface area (Å²) < 4.78 is 27.9. The van der Waals surface area contributed by atoms with Crippen molar-refractivity contribution in [3.63, 3.8) is 0 Å². The summed E-state index contributed by atoms with van der Waals surface area (Å²) in [5.74, 6) is -0.508. The molecule has 0 aromatic heterocycles. The minimum atomic E-state index is -4.04. The summed E-state index contributed by atoms with van der Waals surface area (Å²) in [6, 6.07) is 2.89. The predicted octanol–water partition coefficient (Wildman–Crippen LogP) is 3.91. The zero-order valence-electron chi connectivity index (χ0n) is 18.5. The van der Waals surface area contributed by atoms with Crippen LogP contribution in [0, 0.1) is 17.3 Å². The lowest BCUT2D eigenvalue weighted by atomic mass is 9.50. The molecule has 2 unspecified atom stereocenters. The Bertz CT molecular complexity index is 1020. The number of nitrogens with zero attached hydrogens (tertiary/aromatic N) is 1. The molecule has 9 heteroatoms. The third kappa shape index (κ3) is 4.17. The molecule has 1 aliphatic heterocycles. The number of hydrogen-bond acceptors (Lipinski definition) is 4. The van der Waals surface area contributed by atoms with Crippen molar-refractivity contribution < 1.29 is 23.1 Å². The summed E-state index contributed by atoms with van der Waals surface area (Å²) in [5.41, 5.74) is 0.310. The van der Waals surface area contributed by atoms with Crippen LogP contribution in [-0.2, 0) is 14.8 Å². The molecule has 1 aromatic carbocycles. The van der Waals surface area contributed by atoms with Gasteiger partial charge in [0.15, 0.2) is 0 Å². The van der Waals surface area contributed by atoms with Gasteiger partial charge in [0.1, 0.15) is 10.9 Å². The van der Waals surface area contributed by atoms with Gasteiger partial charge in [0, 0.05) is 12.6 Å². The number of hydrogen-bond donors (Lipinski definition) is 2. The number of sulfonamides is 1. The van der Waals surface area contributed by atoms with Gasteiger partial charge in [0.25, 0.3) is 0 Å². The molecule has 0 radical (unpaired) electrons. The molecule has 2 bridgehead atoms. The number of carboxylic acids is 1. The van der Waals surface area contributed by atoms with Gasteiger partial charge in [-0.05, 0) is 74.0 Å². The van der Waals surface area contributed by atoms with Crippen LogP contribution < -0.4 is 5.32 Å². The molecule has 1 amide bonds. The third-order valence-corrected chi connectivity index (χ3v) is 9.91. The Kier molecular flexibility index (Phi) is 6.33. The molecule has 3 atom stereocenters. The molecule has 3 aliphatic carbocycles. The fourth-order valence-electron chi connectivity index (χ4n) is 6.18. The van der Waals surface area contributed by atoms with E-state index in [1.807, 2.05) is 0 Å². The van der Waals surface area contributed by atoms with Crippen molar-refractivity contribution in [2.24, 2.45) is 17.3 Å². The number of amides is 1. The Morgan fingerprint density at radius 1 is 1.28 bits per heavy atom. The fraction of sp³-hybridized carbons (Fsp3) is 0.652. The number of carbonyl (C=O) groups excluding carboxylic acids is 1. The molecular weight excluding hydrogens is 452 g/mol. The molecule has 2 N–H and O–H groups in total. The van der Waals surface area contributed by atoms with Gasteiger partial charge >= 0.3 is 5.97 Å². The Morgan fingerprint density at radius 2 is 2.00 bits per heavy atom. The molecule has 3 saturated carbocycles. The Morgan fingerprint density at radius 3 is 2.62 bits per heavy atom. The van der Waals surface area contributed by atoms with Crippen molar-refractivity contribution in [3.8, 4) is 0 Å². The summed E-state index contributed by atoms with van der Waals surface area (Å²) in [4.78, 5) is 24.3. The Labute approximate surface area is 194 Å². The molecule has 176 valence electrons. The molecule has 1 saturated heterocycles. The van der Waals surface area contributed by atoms with Gasteiger partial charge in [-0.25, -0.2) is 13.2 Å². The molecule has 5 rings (SSSR count). The molecule has 7 nitrogen and oxygen atoms in total. The average Bonchev–Trinajstić information content (AvgIpc) is 3.20. The van der Waals surface area contributed by atoms with E-state index in [1.54, 1.807) is 0 Å². The van der Waals surface area contributed by atoms with Gasteiger partial charge in [-0.1, -0.05) is 31.9 Å². The molecule has 0 spiro atoms. The Hall–Kier alpha value is -1.64. The SMILES string of the molecule is CCCC1CC2(C)CC(C2)C1NC(=O)[C@H]1CCCN1S(=O)(=O)c1ccc(C(=O)O)cc1Cl. The molecule has 1 aromatic rings. The first-order chi connectivity index (χ1) is 15.1. The summed E-state index contributed by atoms with van der Waals surface area (Å²) >= 11 is 6.14. The van der Waals surface area contributed by atoms with Gasteiger partial charge < -0.3 is 10.4 Å². The summed E-state index contributed by atoms with van der Waals surface area (Å²) in [6.45, 7) is 4.73. The molecular formula is C23H31ClN2O5S. The van der Waals surface area contributed by atoms with E-state index >= 15 is 0 Å². The average molecular weight is 483 g/mol. The van der Waals surface area contributed by atoms with Crippen LogP contribution >= 0.6 is 11.6 Å². The second kappa shape index (κ2) is 8.61. The summed E-state index contributed by atoms with van der Waals surface area (Å²) in [6.07, 6.45) is 6.53. The highest BCUT2D eigenvalue weighted by Gasteiger charge is 2.53. The number of aromatic carboxylic acids is 1. The maximum atomic E-state index is 13.3. The van der Waals surface area contributed by atoms with Gasteiger partial charge in [0.05, 0.1) is 10.6 Å². The number of halogens is 1. The largest absolute Gasteiger partial charge is 0.478 e. The predicted molar refractivity (Wildman–Crippen MR) is 121 cm³/mol. The van der Waals surface area contributed by atoms with Gasteiger partial charge in [-0.3, -0.25) is 4.79 Å².